The number of methoxy groups -OCH3 is 1. The maximum Gasteiger partial charge on any atom is 0.208 e. The van der Waals surface area contributed by atoms with E-state index in [0.29, 0.717) is 0 Å². The van der Waals surface area contributed by atoms with Gasteiger partial charge in [0.15, 0.2) is 0 Å². The van der Waals surface area contributed by atoms with E-state index >= 15 is 0 Å². The number of aromatic amines is 1. The van der Waals surface area contributed by atoms with Crippen molar-refractivity contribution in [1.82, 2.24) is 20.2 Å². The number of hydrogen-bond donors (Lipinski definition) is 1. The smallest absolute Gasteiger partial charge is 0.208 e. The van der Waals surface area contributed by atoms with Crippen LogP contribution in [-0.2, 0) is 12.2 Å². The molecule has 8 heteroatoms. The van der Waals surface area contributed by atoms with Crippen molar-refractivity contribution in [3.05, 3.63) is 39.6 Å². The van der Waals surface area contributed by atoms with Gasteiger partial charge in [-0.2, -0.15) is 0 Å². The molecule has 0 unspecified atom stereocenters. The van der Waals surface area contributed by atoms with Gasteiger partial charge < -0.3 is 4.74 Å². The highest BCUT2D eigenvalue weighted by Gasteiger charge is 2.17. The summed E-state index contributed by atoms with van der Waals surface area (Å²) in [7, 11) is 1.68. The third kappa shape index (κ3) is 4.73. The number of nitrogens with one attached hydrogen (secondary N) is 1. The van der Waals surface area contributed by atoms with Crippen LogP contribution in [-0.4, -0.2) is 27.3 Å². The second-order valence-electron chi connectivity index (χ2n) is 6.70. The van der Waals surface area contributed by atoms with Gasteiger partial charge >= 0.3 is 0 Å². The molecule has 0 spiro atoms. The molecule has 1 fully saturated rings. The highest BCUT2D eigenvalue weighted by Crippen LogP contribution is 2.35. The van der Waals surface area contributed by atoms with E-state index in [1.54, 1.807) is 30.2 Å². The fraction of sp³-hybridized carbons (Fsp3) is 0.421. The van der Waals surface area contributed by atoms with Crippen LogP contribution in [0.15, 0.2) is 33.2 Å². The third-order valence-electron chi connectivity index (χ3n) is 4.76. The molecule has 1 aliphatic carbocycles. The maximum atomic E-state index is 5.47. The third-order valence-corrected chi connectivity index (χ3v) is 7.06. The van der Waals surface area contributed by atoms with Crippen molar-refractivity contribution in [2.45, 2.75) is 43.0 Å². The van der Waals surface area contributed by atoms with Crippen LogP contribution >= 0.6 is 39.0 Å². The first-order valence-corrected chi connectivity index (χ1v) is 11.7. The number of hydrogen-bond acceptors (Lipinski definition) is 6. The highest BCUT2D eigenvalue weighted by atomic mass is 79.9. The lowest BCUT2D eigenvalue weighted by molar-refractivity contribution is 0.416. The van der Waals surface area contributed by atoms with Gasteiger partial charge in [-0.15, -0.1) is 16.4 Å². The van der Waals surface area contributed by atoms with Crippen LogP contribution < -0.4 is 4.74 Å². The van der Waals surface area contributed by atoms with Crippen LogP contribution in [0.2, 0.25) is 0 Å². The summed E-state index contributed by atoms with van der Waals surface area (Å²) < 4.78 is 6.48. The molecule has 0 aliphatic heterocycles. The zero-order valence-electron chi connectivity index (χ0n) is 15.1. The first kappa shape index (κ1) is 19.0. The van der Waals surface area contributed by atoms with Crippen LogP contribution in [0.1, 0.15) is 37.2 Å². The molecule has 142 valence electrons. The predicted octanol–water partition coefficient (Wildman–Crippen LogP) is 5.72. The first-order valence-electron chi connectivity index (χ1n) is 9.03. The van der Waals surface area contributed by atoms with Gasteiger partial charge in [-0.05, 0) is 24.1 Å². The molecule has 0 saturated heterocycles. The molecule has 1 saturated carbocycles. The topological polar surface area (TPSA) is 63.7 Å². The lowest BCUT2D eigenvalue weighted by Crippen LogP contribution is -2.00. The van der Waals surface area contributed by atoms with Crippen LogP contribution in [0.5, 0.6) is 5.75 Å². The molecule has 1 N–H and O–H groups in total. The van der Waals surface area contributed by atoms with Crippen molar-refractivity contribution in [3.8, 4) is 16.3 Å². The Hall–Kier alpha value is -1.38. The average molecular weight is 465 g/mol. The lowest BCUT2D eigenvalue weighted by Gasteiger charge is -2.06. The standard InChI is InChI=1S/C19H21BrN4OS2/c1-25-16-7-6-13(20)9-15(16)18-21-14(10-26-18)11-27-19-22-17(23-24-19)8-12-4-2-3-5-12/h6-7,9-10,12H,2-5,8,11H2,1H3,(H,22,23,24). The molecular weight excluding hydrogens is 444 g/mol. The van der Waals surface area contributed by atoms with Gasteiger partial charge in [0.1, 0.15) is 16.6 Å². The van der Waals surface area contributed by atoms with E-state index in [0.717, 1.165) is 55.6 Å². The van der Waals surface area contributed by atoms with E-state index in [4.69, 9.17) is 9.72 Å². The fourth-order valence-corrected chi connectivity index (χ4v) is 5.42. The molecule has 4 rings (SSSR count). The van der Waals surface area contributed by atoms with Gasteiger partial charge in [-0.1, -0.05) is 53.4 Å². The van der Waals surface area contributed by atoms with Crippen LogP contribution in [0, 0.1) is 5.92 Å². The quantitative estimate of drug-likeness (QED) is 0.452. The summed E-state index contributed by atoms with van der Waals surface area (Å²) in [5.41, 5.74) is 2.04. The van der Waals surface area contributed by atoms with Gasteiger partial charge in [-0.25, -0.2) is 9.97 Å². The van der Waals surface area contributed by atoms with E-state index in [1.165, 1.54) is 25.7 Å². The van der Waals surface area contributed by atoms with Crippen LogP contribution in [0.3, 0.4) is 0 Å². The summed E-state index contributed by atoms with van der Waals surface area (Å²) in [6.07, 6.45) is 6.38. The average Bonchev–Trinajstić information content (AvgIpc) is 3.43. The Kier molecular flexibility index (Phi) is 6.14. The summed E-state index contributed by atoms with van der Waals surface area (Å²) in [6.45, 7) is 0. The summed E-state index contributed by atoms with van der Waals surface area (Å²) in [4.78, 5) is 9.40. The largest absolute Gasteiger partial charge is 0.496 e. The Morgan fingerprint density at radius 2 is 2.15 bits per heavy atom. The minimum atomic E-state index is 0.757. The van der Waals surface area contributed by atoms with Crippen LogP contribution in [0.4, 0.5) is 0 Å². The van der Waals surface area contributed by atoms with Gasteiger partial charge in [0.05, 0.1) is 18.4 Å². The summed E-state index contributed by atoms with van der Waals surface area (Å²) in [5, 5.41) is 11.3. The minimum Gasteiger partial charge on any atom is -0.496 e. The number of halogens is 1. The van der Waals surface area contributed by atoms with E-state index in [-0.39, 0.29) is 0 Å². The molecule has 5 nitrogen and oxygen atoms in total. The molecule has 2 aromatic heterocycles. The normalized spacial score (nSPS) is 14.7. The molecule has 0 radical (unpaired) electrons. The number of rotatable bonds is 7. The second kappa shape index (κ2) is 8.75. The van der Waals surface area contributed by atoms with E-state index in [9.17, 15) is 0 Å². The number of thioether (sulfide) groups is 1. The number of nitrogens with zero attached hydrogens (tertiary/aromatic N) is 3. The monoisotopic (exact) mass is 464 g/mol. The van der Waals surface area contributed by atoms with E-state index < -0.39 is 0 Å². The van der Waals surface area contributed by atoms with Gasteiger partial charge in [0, 0.05) is 22.0 Å². The molecule has 27 heavy (non-hydrogen) atoms. The SMILES string of the molecule is COc1ccc(Br)cc1-c1nc(CSc2n[nH]c(CC3CCCC3)n2)cs1. The van der Waals surface area contributed by atoms with E-state index in [2.05, 4.69) is 36.5 Å². The van der Waals surface area contributed by atoms with Crippen molar-refractivity contribution in [1.29, 1.82) is 0 Å². The zero-order chi connectivity index (χ0) is 18.6. The molecular formula is C19H21BrN4OS2. The lowest BCUT2D eigenvalue weighted by atomic mass is 10.0. The minimum absolute atomic E-state index is 0.757. The molecule has 0 amide bonds. The zero-order valence-corrected chi connectivity index (χ0v) is 18.3. The molecule has 0 atom stereocenters. The molecule has 3 aromatic rings. The summed E-state index contributed by atoms with van der Waals surface area (Å²) >= 11 is 6.77. The Labute approximate surface area is 175 Å². The van der Waals surface area contributed by atoms with Crippen molar-refractivity contribution in [2.24, 2.45) is 5.92 Å². The van der Waals surface area contributed by atoms with Crippen molar-refractivity contribution in [2.75, 3.05) is 7.11 Å². The molecule has 0 bridgehead atoms. The van der Waals surface area contributed by atoms with Crippen LogP contribution in [0.25, 0.3) is 10.6 Å². The van der Waals surface area contributed by atoms with E-state index in [1.807, 2.05) is 18.2 Å². The Morgan fingerprint density at radius 3 is 2.96 bits per heavy atom. The Morgan fingerprint density at radius 1 is 1.30 bits per heavy atom. The number of thiazole rings is 1. The van der Waals surface area contributed by atoms with Crippen molar-refractivity contribution in [3.63, 3.8) is 0 Å². The Bertz CT molecular complexity index is 905. The summed E-state index contributed by atoms with van der Waals surface area (Å²) in [6, 6.07) is 5.97. The maximum absolute atomic E-state index is 5.47. The number of ether oxygens (including phenoxy) is 1. The molecule has 1 aliphatic rings. The van der Waals surface area contributed by atoms with Gasteiger partial charge in [0.2, 0.25) is 5.16 Å². The van der Waals surface area contributed by atoms with Gasteiger partial charge in [0.25, 0.3) is 0 Å². The number of benzene rings is 1. The van der Waals surface area contributed by atoms with Gasteiger partial charge in [-0.3, -0.25) is 5.10 Å². The number of H-pyrrole nitrogens is 1. The highest BCUT2D eigenvalue weighted by molar-refractivity contribution is 9.10. The van der Waals surface area contributed by atoms with Crippen molar-refractivity contribution >= 4 is 39.0 Å². The second-order valence-corrected chi connectivity index (χ2v) is 9.41. The Balaban J connectivity index is 1.39. The predicted molar refractivity (Wildman–Crippen MR) is 113 cm³/mol. The molecule has 1 aromatic carbocycles. The summed E-state index contributed by atoms with van der Waals surface area (Å²) in [5.74, 6) is 3.38. The molecule has 2 heterocycles. The van der Waals surface area contributed by atoms with Crippen molar-refractivity contribution < 1.29 is 4.74 Å². The first-order chi connectivity index (χ1) is 13.2. The number of aromatic nitrogens is 4. The fourth-order valence-electron chi connectivity index (χ4n) is 3.40.